The molecule has 1 aliphatic heterocycles. The van der Waals surface area contributed by atoms with Crippen LogP contribution in [0.15, 0.2) is 53.5 Å². The van der Waals surface area contributed by atoms with Crippen LogP contribution in [0.25, 0.3) is 5.57 Å². The number of rotatable bonds is 6. The van der Waals surface area contributed by atoms with Gasteiger partial charge in [0.05, 0.1) is 6.26 Å². The van der Waals surface area contributed by atoms with E-state index in [0.717, 1.165) is 18.4 Å². The van der Waals surface area contributed by atoms with Gasteiger partial charge in [-0.3, -0.25) is 9.71 Å². The normalized spacial score (nSPS) is 18.2. The maximum atomic E-state index is 14.5. The number of aliphatic carboxylic acids is 2. The van der Waals surface area contributed by atoms with Crippen LogP contribution >= 0.6 is 11.6 Å². The van der Waals surface area contributed by atoms with Crippen LogP contribution in [0.2, 0.25) is 5.02 Å². The average Bonchev–Trinajstić information content (AvgIpc) is 2.94. The van der Waals surface area contributed by atoms with Gasteiger partial charge in [0.2, 0.25) is 15.6 Å². The molecule has 1 heterocycles. The summed E-state index contributed by atoms with van der Waals surface area (Å²) in [6.45, 7) is 0. The Labute approximate surface area is 174 Å². The smallest absolute Gasteiger partial charge is 0.341 e. The van der Waals surface area contributed by atoms with Crippen molar-refractivity contribution in [2.75, 3.05) is 11.0 Å². The van der Waals surface area contributed by atoms with Crippen LogP contribution in [0.3, 0.4) is 0 Å². The van der Waals surface area contributed by atoms with Gasteiger partial charge in [-0.15, -0.1) is 0 Å². The first-order valence-electron chi connectivity index (χ1n) is 8.26. The molecule has 3 rings (SSSR count). The number of nitrogens with zero attached hydrogens (tertiary/aromatic N) is 1. The van der Waals surface area contributed by atoms with Crippen LogP contribution in [0.5, 0.6) is 0 Å². The molecule has 30 heavy (non-hydrogen) atoms. The van der Waals surface area contributed by atoms with E-state index < -0.39 is 33.3 Å². The summed E-state index contributed by atoms with van der Waals surface area (Å²) in [7, 11) is -3.66. The molecule has 0 saturated carbocycles. The molecule has 0 radical (unpaired) electrons. The van der Waals surface area contributed by atoms with E-state index in [1.165, 1.54) is 30.3 Å². The first kappa shape index (κ1) is 21.5. The van der Waals surface area contributed by atoms with Crippen LogP contribution in [-0.4, -0.2) is 36.8 Å². The van der Waals surface area contributed by atoms with Crippen molar-refractivity contribution in [2.24, 2.45) is 4.99 Å². The Morgan fingerprint density at radius 3 is 2.53 bits per heavy atom. The largest absolute Gasteiger partial charge is 0.479 e. The molecular formula is C19H14ClFN2O6S. The number of hydrogen-bond donors (Lipinski definition) is 3. The second-order valence-corrected chi connectivity index (χ2v) is 8.64. The predicted octanol–water partition coefficient (Wildman–Crippen LogP) is 1.26. The number of carboxylic acids is 2. The summed E-state index contributed by atoms with van der Waals surface area (Å²) in [5.41, 5.74) is -2.32. The zero-order chi connectivity index (χ0) is 22.3. The number of fused-ring (bicyclic) bond motifs is 1. The summed E-state index contributed by atoms with van der Waals surface area (Å²) < 4.78 is 39.9. The number of halogens is 2. The molecule has 3 N–H and O–H groups in total. The number of anilines is 1. The summed E-state index contributed by atoms with van der Waals surface area (Å²) >= 11 is 5.91. The van der Waals surface area contributed by atoms with Gasteiger partial charge in [0.15, 0.2) is 5.82 Å². The molecule has 156 valence electrons. The predicted molar refractivity (Wildman–Crippen MR) is 107 cm³/mol. The number of nitrogens with one attached hydrogen (secondary N) is 1. The molecule has 1 atom stereocenters. The van der Waals surface area contributed by atoms with E-state index in [2.05, 4.69) is 9.71 Å². The van der Waals surface area contributed by atoms with Crippen molar-refractivity contribution in [3.8, 4) is 0 Å². The van der Waals surface area contributed by atoms with E-state index in [-0.39, 0.29) is 32.4 Å². The Balaban J connectivity index is 2.40. The van der Waals surface area contributed by atoms with E-state index in [9.17, 15) is 27.5 Å². The number of hydrogen-bond acceptors (Lipinski definition) is 5. The fourth-order valence-corrected chi connectivity index (χ4v) is 3.96. The third-order valence-electron chi connectivity index (χ3n) is 4.27. The second kappa shape index (κ2) is 7.54. The Kier molecular flexibility index (Phi) is 5.40. The van der Waals surface area contributed by atoms with Crippen LogP contribution < -0.4 is 15.3 Å². The van der Waals surface area contributed by atoms with Gasteiger partial charge in [-0.25, -0.2) is 22.4 Å². The average molecular weight is 453 g/mol. The van der Waals surface area contributed by atoms with Gasteiger partial charge in [0, 0.05) is 27.6 Å². The van der Waals surface area contributed by atoms with E-state index in [4.69, 9.17) is 16.7 Å². The van der Waals surface area contributed by atoms with Crippen LogP contribution in [-0.2, 0) is 25.2 Å². The molecule has 0 aliphatic carbocycles. The molecule has 11 heteroatoms. The van der Waals surface area contributed by atoms with E-state index >= 15 is 0 Å². The number of carbonyl (C=O) groups is 2. The molecule has 0 bridgehead atoms. The van der Waals surface area contributed by atoms with Crippen molar-refractivity contribution in [1.82, 2.24) is 0 Å². The van der Waals surface area contributed by atoms with E-state index in [1.54, 1.807) is 0 Å². The minimum Gasteiger partial charge on any atom is -0.479 e. The van der Waals surface area contributed by atoms with Crippen molar-refractivity contribution >= 4 is 44.8 Å². The number of benzene rings is 2. The van der Waals surface area contributed by atoms with Gasteiger partial charge in [-0.1, -0.05) is 23.7 Å². The van der Waals surface area contributed by atoms with Crippen LogP contribution in [0, 0.1) is 5.82 Å². The number of carboxylic acid groups (broad SMARTS) is 2. The fourth-order valence-electron chi connectivity index (χ4n) is 3.20. The topological polar surface area (TPSA) is 133 Å². The van der Waals surface area contributed by atoms with Gasteiger partial charge in [-0.2, -0.15) is 0 Å². The Morgan fingerprint density at radius 1 is 1.23 bits per heavy atom. The third kappa shape index (κ3) is 3.91. The summed E-state index contributed by atoms with van der Waals surface area (Å²) in [4.78, 5) is 27.6. The molecule has 2 aromatic carbocycles. The quantitative estimate of drug-likeness (QED) is 0.565. The highest BCUT2D eigenvalue weighted by Crippen LogP contribution is 2.38. The lowest BCUT2D eigenvalue weighted by molar-refractivity contribution is -0.141. The zero-order valence-corrected chi connectivity index (χ0v) is 16.8. The van der Waals surface area contributed by atoms with Crippen molar-refractivity contribution in [1.29, 1.82) is 0 Å². The molecule has 1 unspecified atom stereocenters. The molecule has 8 nitrogen and oxygen atoms in total. The molecule has 0 spiro atoms. The van der Waals surface area contributed by atoms with Crippen molar-refractivity contribution < 1.29 is 32.6 Å². The van der Waals surface area contributed by atoms with Gasteiger partial charge >= 0.3 is 11.9 Å². The first-order chi connectivity index (χ1) is 13.9. The Hall–Kier alpha value is -3.24. The molecule has 0 saturated heterocycles. The van der Waals surface area contributed by atoms with E-state index in [1.807, 2.05) is 0 Å². The van der Waals surface area contributed by atoms with Crippen molar-refractivity contribution in [2.45, 2.75) is 5.54 Å². The Bertz CT molecular complexity index is 1340. The maximum Gasteiger partial charge on any atom is 0.341 e. The number of sulfonamides is 1. The first-order valence-corrected chi connectivity index (χ1v) is 10.5. The highest BCUT2D eigenvalue weighted by Gasteiger charge is 2.46. The summed E-state index contributed by atoms with van der Waals surface area (Å²) in [5, 5.41) is 18.8. The molecule has 2 aromatic rings. The standard InChI is InChI=1S/C19H14ClFN2O6S/c1-30(28,29)23-12-4-2-3-10(7-12)19(18(26)27)14(5-6-16(24)25)13-8-11(20)9-15(21)17(13)22-19/h2-9,23H,1H3,(H,24,25)(H,26,27). The lowest BCUT2D eigenvalue weighted by Crippen LogP contribution is -2.34. The maximum absolute atomic E-state index is 14.5. The zero-order valence-electron chi connectivity index (χ0n) is 15.3. The summed E-state index contributed by atoms with van der Waals surface area (Å²) in [5.74, 6) is -3.76. The summed E-state index contributed by atoms with van der Waals surface area (Å²) in [6.07, 6.45) is 2.64. The van der Waals surface area contributed by atoms with Gasteiger partial charge in [-0.05, 0) is 35.9 Å². The van der Waals surface area contributed by atoms with Gasteiger partial charge in [0.1, 0.15) is 5.36 Å². The molecular weight excluding hydrogens is 439 g/mol. The fraction of sp³-hybridized carbons (Fsp3) is 0.105. The van der Waals surface area contributed by atoms with Crippen LogP contribution in [0.1, 0.15) is 5.56 Å². The summed E-state index contributed by atoms with van der Waals surface area (Å²) in [6, 6.07) is 7.64. The minimum atomic E-state index is -3.66. The van der Waals surface area contributed by atoms with Gasteiger partial charge < -0.3 is 10.2 Å². The second-order valence-electron chi connectivity index (χ2n) is 6.45. The van der Waals surface area contributed by atoms with Crippen molar-refractivity contribution in [3.63, 3.8) is 0 Å². The highest BCUT2D eigenvalue weighted by atomic mass is 35.5. The van der Waals surface area contributed by atoms with E-state index in [0.29, 0.717) is 6.08 Å². The lowest BCUT2D eigenvalue weighted by atomic mass is 9.83. The molecule has 0 fully saturated rings. The third-order valence-corrected chi connectivity index (χ3v) is 5.10. The minimum absolute atomic E-state index is 0.0135. The highest BCUT2D eigenvalue weighted by molar-refractivity contribution is 7.92. The molecule has 0 aromatic heterocycles. The molecule has 1 aliphatic rings. The van der Waals surface area contributed by atoms with Crippen LogP contribution in [0.4, 0.5) is 10.1 Å². The lowest BCUT2D eigenvalue weighted by Gasteiger charge is -2.25. The van der Waals surface area contributed by atoms with Crippen molar-refractivity contribution in [3.05, 3.63) is 75.5 Å². The monoisotopic (exact) mass is 452 g/mol. The molecule has 0 amide bonds. The Morgan fingerprint density at radius 2 is 1.93 bits per heavy atom. The SMILES string of the molecule is CS(=O)(=O)Nc1cccc(C2(C(=O)O)N=c3c(F)cc(Cl)cc3=C2C=CC(=O)O)c1. The van der Waals surface area contributed by atoms with Gasteiger partial charge in [0.25, 0.3) is 0 Å².